The SMILES string of the molecule is COc1ccccc1N1C[C@@H](C(=O)Nc2ccccc2C)CC1=O. The number of carbonyl (C=O) groups is 2. The van der Waals surface area contributed by atoms with E-state index >= 15 is 0 Å². The summed E-state index contributed by atoms with van der Waals surface area (Å²) in [6.07, 6.45) is 0.204. The van der Waals surface area contributed by atoms with E-state index in [1.807, 2.05) is 55.5 Å². The fourth-order valence-electron chi connectivity index (χ4n) is 2.92. The molecule has 5 heteroatoms. The molecule has 0 aromatic heterocycles. The lowest BCUT2D eigenvalue weighted by molar-refractivity contribution is -0.122. The van der Waals surface area contributed by atoms with E-state index in [0.29, 0.717) is 18.0 Å². The summed E-state index contributed by atoms with van der Waals surface area (Å²) in [5.41, 5.74) is 2.48. The van der Waals surface area contributed by atoms with Crippen LogP contribution >= 0.6 is 0 Å². The summed E-state index contributed by atoms with van der Waals surface area (Å²) in [6.45, 7) is 2.30. The minimum atomic E-state index is -0.373. The van der Waals surface area contributed by atoms with Gasteiger partial charge in [0.05, 0.1) is 18.7 Å². The van der Waals surface area contributed by atoms with Crippen molar-refractivity contribution in [2.75, 3.05) is 23.9 Å². The Labute approximate surface area is 141 Å². The molecule has 2 aromatic carbocycles. The van der Waals surface area contributed by atoms with E-state index < -0.39 is 0 Å². The predicted octanol–water partition coefficient (Wildman–Crippen LogP) is 3.00. The van der Waals surface area contributed by atoms with Crippen molar-refractivity contribution in [2.45, 2.75) is 13.3 Å². The molecule has 24 heavy (non-hydrogen) atoms. The molecule has 1 saturated heterocycles. The largest absolute Gasteiger partial charge is 0.495 e. The van der Waals surface area contributed by atoms with Crippen LogP contribution in [-0.4, -0.2) is 25.5 Å². The smallest absolute Gasteiger partial charge is 0.229 e. The fourth-order valence-corrected chi connectivity index (χ4v) is 2.92. The number of hydrogen-bond donors (Lipinski definition) is 1. The van der Waals surface area contributed by atoms with Gasteiger partial charge in [-0.15, -0.1) is 0 Å². The molecule has 1 fully saturated rings. The Kier molecular flexibility index (Phi) is 4.51. The van der Waals surface area contributed by atoms with Gasteiger partial charge in [-0.3, -0.25) is 9.59 Å². The number of rotatable bonds is 4. The second kappa shape index (κ2) is 6.74. The van der Waals surface area contributed by atoms with Gasteiger partial charge in [0.15, 0.2) is 0 Å². The number of nitrogens with one attached hydrogen (secondary N) is 1. The van der Waals surface area contributed by atoms with Gasteiger partial charge in [-0.25, -0.2) is 0 Å². The van der Waals surface area contributed by atoms with Crippen LogP contribution in [-0.2, 0) is 9.59 Å². The lowest BCUT2D eigenvalue weighted by Crippen LogP contribution is -2.28. The number of carbonyl (C=O) groups excluding carboxylic acids is 2. The van der Waals surface area contributed by atoms with Crippen LogP contribution in [0.15, 0.2) is 48.5 Å². The molecule has 0 unspecified atom stereocenters. The Morgan fingerprint density at radius 2 is 1.88 bits per heavy atom. The van der Waals surface area contributed by atoms with E-state index in [-0.39, 0.29) is 24.2 Å². The van der Waals surface area contributed by atoms with Crippen LogP contribution in [0.1, 0.15) is 12.0 Å². The van der Waals surface area contributed by atoms with E-state index in [9.17, 15) is 9.59 Å². The van der Waals surface area contributed by atoms with Gasteiger partial charge in [-0.2, -0.15) is 0 Å². The quantitative estimate of drug-likeness (QED) is 0.940. The maximum absolute atomic E-state index is 12.5. The molecular formula is C19H20N2O3. The molecule has 1 aliphatic rings. The van der Waals surface area contributed by atoms with E-state index in [1.54, 1.807) is 12.0 Å². The minimum Gasteiger partial charge on any atom is -0.495 e. The van der Waals surface area contributed by atoms with Gasteiger partial charge in [-0.05, 0) is 30.7 Å². The van der Waals surface area contributed by atoms with Gasteiger partial charge in [0.1, 0.15) is 5.75 Å². The van der Waals surface area contributed by atoms with Crippen molar-refractivity contribution < 1.29 is 14.3 Å². The van der Waals surface area contributed by atoms with Gasteiger partial charge in [0, 0.05) is 18.7 Å². The number of nitrogens with zero attached hydrogens (tertiary/aromatic N) is 1. The zero-order valence-electron chi connectivity index (χ0n) is 13.8. The average Bonchev–Trinajstić information content (AvgIpc) is 2.98. The van der Waals surface area contributed by atoms with Crippen LogP contribution in [0.25, 0.3) is 0 Å². The van der Waals surface area contributed by atoms with E-state index in [4.69, 9.17) is 4.74 Å². The highest BCUT2D eigenvalue weighted by molar-refractivity contribution is 6.04. The summed E-state index contributed by atoms with van der Waals surface area (Å²) in [5.74, 6) is 0.0623. The number of amides is 2. The Balaban J connectivity index is 1.75. The van der Waals surface area contributed by atoms with Crippen molar-refractivity contribution in [1.29, 1.82) is 0 Å². The first-order valence-corrected chi connectivity index (χ1v) is 7.90. The molecule has 124 valence electrons. The van der Waals surface area contributed by atoms with Gasteiger partial charge in [0.25, 0.3) is 0 Å². The molecule has 2 amide bonds. The lowest BCUT2D eigenvalue weighted by Gasteiger charge is -2.19. The summed E-state index contributed by atoms with van der Waals surface area (Å²) in [7, 11) is 1.57. The van der Waals surface area contributed by atoms with E-state index in [0.717, 1.165) is 11.3 Å². The number of ether oxygens (including phenoxy) is 1. The second-order valence-corrected chi connectivity index (χ2v) is 5.88. The number of hydrogen-bond acceptors (Lipinski definition) is 3. The molecule has 1 heterocycles. The monoisotopic (exact) mass is 324 g/mol. The molecule has 2 aromatic rings. The third-order valence-corrected chi connectivity index (χ3v) is 4.27. The highest BCUT2D eigenvalue weighted by Crippen LogP contribution is 2.33. The van der Waals surface area contributed by atoms with E-state index in [2.05, 4.69) is 5.32 Å². The first-order chi connectivity index (χ1) is 11.6. The molecule has 0 spiro atoms. The molecular weight excluding hydrogens is 304 g/mol. The predicted molar refractivity (Wildman–Crippen MR) is 93.3 cm³/mol. The van der Waals surface area contributed by atoms with Crippen molar-refractivity contribution in [3.63, 3.8) is 0 Å². The van der Waals surface area contributed by atoms with Crippen molar-refractivity contribution >= 4 is 23.2 Å². The van der Waals surface area contributed by atoms with Crippen LogP contribution in [0, 0.1) is 12.8 Å². The topological polar surface area (TPSA) is 58.6 Å². The summed E-state index contributed by atoms with van der Waals surface area (Å²) in [5, 5.41) is 2.92. The Bertz CT molecular complexity index is 773. The van der Waals surface area contributed by atoms with Crippen molar-refractivity contribution in [2.24, 2.45) is 5.92 Å². The van der Waals surface area contributed by atoms with Crippen molar-refractivity contribution in [1.82, 2.24) is 0 Å². The summed E-state index contributed by atoms with van der Waals surface area (Å²) < 4.78 is 5.32. The molecule has 0 bridgehead atoms. The molecule has 1 atom stereocenters. The summed E-state index contributed by atoms with van der Waals surface area (Å²) in [6, 6.07) is 15.0. The van der Waals surface area contributed by atoms with Crippen LogP contribution in [0.3, 0.4) is 0 Å². The number of para-hydroxylation sites is 3. The van der Waals surface area contributed by atoms with Crippen LogP contribution in [0.2, 0.25) is 0 Å². The van der Waals surface area contributed by atoms with Crippen LogP contribution in [0.4, 0.5) is 11.4 Å². The number of anilines is 2. The van der Waals surface area contributed by atoms with Crippen molar-refractivity contribution in [3.05, 3.63) is 54.1 Å². The average molecular weight is 324 g/mol. The molecule has 0 saturated carbocycles. The highest BCUT2D eigenvalue weighted by Gasteiger charge is 2.36. The molecule has 0 radical (unpaired) electrons. The Morgan fingerprint density at radius 1 is 1.17 bits per heavy atom. The lowest BCUT2D eigenvalue weighted by atomic mass is 10.1. The molecule has 5 nitrogen and oxygen atoms in total. The first-order valence-electron chi connectivity index (χ1n) is 7.90. The van der Waals surface area contributed by atoms with Crippen LogP contribution < -0.4 is 15.0 Å². The molecule has 0 aliphatic carbocycles. The molecule has 1 aliphatic heterocycles. The summed E-state index contributed by atoms with van der Waals surface area (Å²) in [4.78, 5) is 26.5. The molecule has 3 rings (SSSR count). The highest BCUT2D eigenvalue weighted by atomic mass is 16.5. The number of methoxy groups -OCH3 is 1. The van der Waals surface area contributed by atoms with Gasteiger partial charge in [0.2, 0.25) is 11.8 Å². The third-order valence-electron chi connectivity index (χ3n) is 4.27. The third kappa shape index (κ3) is 3.11. The van der Waals surface area contributed by atoms with Gasteiger partial charge < -0.3 is 15.0 Å². The Morgan fingerprint density at radius 3 is 2.62 bits per heavy atom. The van der Waals surface area contributed by atoms with E-state index in [1.165, 1.54) is 0 Å². The fraction of sp³-hybridized carbons (Fsp3) is 0.263. The molecule has 1 N–H and O–H groups in total. The normalized spacial score (nSPS) is 17.0. The number of benzene rings is 2. The maximum Gasteiger partial charge on any atom is 0.229 e. The Hall–Kier alpha value is -2.82. The maximum atomic E-state index is 12.5. The van der Waals surface area contributed by atoms with Crippen LogP contribution in [0.5, 0.6) is 5.75 Å². The van der Waals surface area contributed by atoms with Crippen molar-refractivity contribution in [3.8, 4) is 5.75 Å². The van der Waals surface area contributed by atoms with Gasteiger partial charge in [-0.1, -0.05) is 30.3 Å². The summed E-state index contributed by atoms with van der Waals surface area (Å²) >= 11 is 0. The second-order valence-electron chi connectivity index (χ2n) is 5.88. The first kappa shape index (κ1) is 16.1. The minimum absolute atomic E-state index is 0.0653. The standard InChI is InChI=1S/C19H20N2O3/c1-13-7-3-4-8-15(13)20-19(23)14-11-18(22)21(12-14)16-9-5-6-10-17(16)24-2/h3-10,14H,11-12H2,1-2H3,(H,20,23)/t14-/m0/s1. The zero-order valence-corrected chi connectivity index (χ0v) is 13.8. The number of aryl methyl sites for hydroxylation is 1. The van der Waals surface area contributed by atoms with Gasteiger partial charge >= 0.3 is 0 Å². The zero-order chi connectivity index (χ0) is 17.1.